The van der Waals surface area contributed by atoms with Crippen molar-refractivity contribution in [2.75, 3.05) is 6.61 Å². The second-order valence-electron chi connectivity index (χ2n) is 2.83. The minimum Gasteiger partial charge on any atom is -0.429 e. The van der Waals surface area contributed by atoms with Crippen LogP contribution in [0.25, 0.3) is 0 Å². The van der Waals surface area contributed by atoms with Crippen LogP contribution in [0.2, 0.25) is 6.55 Å². The third-order valence-corrected chi connectivity index (χ3v) is 2.27. The third-order valence-electron chi connectivity index (χ3n) is 1.63. The van der Waals surface area contributed by atoms with Gasteiger partial charge in [0.25, 0.3) is 6.29 Å². The molecule has 4 nitrogen and oxygen atoms in total. The summed E-state index contributed by atoms with van der Waals surface area (Å²) >= 11 is 0. The average molecular weight is 220 g/mol. The highest BCUT2D eigenvalue weighted by Gasteiger charge is 2.29. The molecule has 0 unspecified atom stereocenters. The maximum Gasteiger partial charge on any atom is 0.305 e. The van der Waals surface area contributed by atoms with E-state index in [2.05, 4.69) is 4.74 Å². The van der Waals surface area contributed by atoms with E-state index in [0.29, 0.717) is 6.61 Å². The summed E-state index contributed by atoms with van der Waals surface area (Å²) < 4.78 is 27.9. The van der Waals surface area contributed by atoms with Crippen molar-refractivity contribution in [2.24, 2.45) is 0 Å². The van der Waals surface area contributed by atoms with Gasteiger partial charge in [0.15, 0.2) is 15.6 Å². The standard InChI is InChI=1S/C8H13FO4Si/c1-5(10)12-8-7(9)3-6(13-8)4-11-14-2/h3,6,8H,4,14H2,1-2H3/t6-,8-/m0/s1. The minimum absolute atomic E-state index is 0.327. The molecule has 80 valence electrons. The van der Waals surface area contributed by atoms with E-state index >= 15 is 0 Å². The molecule has 0 bridgehead atoms. The number of carbonyl (C=O) groups is 1. The van der Waals surface area contributed by atoms with Gasteiger partial charge in [-0.3, -0.25) is 4.79 Å². The van der Waals surface area contributed by atoms with Crippen LogP contribution in [0.15, 0.2) is 11.9 Å². The summed E-state index contributed by atoms with van der Waals surface area (Å²) in [7, 11) is -0.515. The molecule has 1 aliphatic rings. The van der Waals surface area contributed by atoms with Gasteiger partial charge in [-0.1, -0.05) is 6.55 Å². The highest BCUT2D eigenvalue weighted by Crippen LogP contribution is 2.22. The fraction of sp³-hybridized carbons (Fsp3) is 0.625. The number of rotatable bonds is 4. The summed E-state index contributed by atoms with van der Waals surface area (Å²) in [6, 6.07) is 0. The van der Waals surface area contributed by atoms with Crippen molar-refractivity contribution in [3.05, 3.63) is 11.9 Å². The molecule has 14 heavy (non-hydrogen) atoms. The molecule has 0 aromatic heterocycles. The van der Waals surface area contributed by atoms with Crippen molar-refractivity contribution < 1.29 is 23.1 Å². The van der Waals surface area contributed by atoms with Gasteiger partial charge in [0, 0.05) is 6.92 Å². The Morgan fingerprint density at radius 3 is 3.07 bits per heavy atom. The van der Waals surface area contributed by atoms with Crippen molar-refractivity contribution in [2.45, 2.75) is 25.9 Å². The molecule has 0 saturated heterocycles. The van der Waals surface area contributed by atoms with Gasteiger partial charge in [-0.2, -0.15) is 0 Å². The highest BCUT2D eigenvalue weighted by atomic mass is 28.2. The van der Waals surface area contributed by atoms with Gasteiger partial charge >= 0.3 is 5.97 Å². The average Bonchev–Trinajstić information content (AvgIpc) is 2.43. The maximum absolute atomic E-state index is 13.0. The Kier molecular flexibility index (Phi) is 4.24. The summed E-state index contributed by atoms with van der Waals surface area (Å²) in [4.78, 5) is 10.5. The first-order valence-corrected chi connectivity index (χ1v) is 6.40. The van der Waals surface area contributed by atoms with Crippen LogP contribution >= 0.6 is 0 Å². The topological polar surface area (TPSA) is 44.8 Å². The van der Waals surface area contributed by atoms with E-state index in [9.17, 15) is 9.18 Å². The smallest absolute Gasteiger partial charge is 0.305 e. The molecule has 0 amide bonds. The van der Waals surface area contributed by atoms with Crippen LogP contribution in [0.5, 0.6) is 0 Å². The van der Waals surface area contributed by atoms with E-state index in [1.54, 1.807) is 0 Å². The lowest BCUT2D eigenvalue weighted by atomic mass is 10.4. The van der Waals surface area contributed by atoms with Gasteiger partial charge in [0.05, 0.1) is 6.61 Å². The number of carbonyl (C=O) groups excluding carboxylic acids is 1. The van der Waals surface area contributed by atoms with E-state index in [0.717, 1.165) is 0 Å². The molecular formula is C8H13FO4Si. The fourth-order valence-corrected chi connectivity index (χ4v) is 1.54. The molecule has 0 spiro atoms. The first-order chi connectivity index (χ1) is 6.63. The van der Waals surface area contributed by atoms with E-state index < -0.39 is 34.0 Å². The molecule has 1 heterocycles. The predicted molar refractivity (Wildman–Crippen MR) is 50.0 cm³/mol. The van der Waals surface area contributed by atoms with Crippen molar-refractivity contribution >= 4 is 15.7 Å². The van der Waals surface area contributed by atoms with Crippen LogP contribution in [0.1, 0.15) is 6.92 Å². The fourth-order valence-electron chi connectivity index (χ4n) is 1.08. The first kappa shape index (κ1) is 11.4. The normalized spacial score (nSPS) is 26.9. The number of ether oxygens (including phenoxy) is 2. The predicted octanol–water partition coefficient (Wildman–Crippen LogP) is 0.276. The Morgan fingerprint density at radius 1 is 1.79 bits per heavy atom. The lowest BCUT2D eigenvalue weighted by Crippen LogP contribution is -2.22. The summed E-state index contributed by atoms with van der Waals surface area (Å²) in [5, 5.41) is 0. The molecule has 0 aromatic carbocycles. The maximum atomic E-state index is 13.0. The van der Waals surface area contributed by atoms with Crippen LogP contribution < -0.4 is 0 Å². The van der Waals surface area contributed by atoms with Crippen molar-refractivity contribution in [1.29, 1.82) is 0 Å². The molecule has 0 N–H and O–H groups in total. The number of esters is 1. The van der Waals surface area contributed by atoms with Gasteiger partial charge in [0.2, 0.25) is 0 Å². The van der Waals surface area contributed by atoms with Crippen molar-refractivity contribution in [3.63, 3.8) is 0 Å². The third kappa shape index (κ3) is 3.21. The van der Waals surface area contributed by atoms with Crippen LogP contribution in [0, 0.1) is 0 Å². The molecular weight excluding hydrogens is 207 g/mol. The van der Waals surface area contributed by atoms with Crippen molar-refractivity contribution in [1.82, 2.24) is 0 Å². The first-order valence-electron chi connectivity index (χ1n) is 4.41. The molecule has 0 radical (unpaired) electrons. The molecule has 1 aliphatic heterocycles. The van der Waals surface area contributed by atoms with Gasteiger partial charge in [-0.15, -0.1) is 0 Å². The summed E-state index contributed by atoms with van der Waals surface area (Å²) in [5.41, 5.74) is 0. The zero-order valence-corrected chi connectivity index (χ0v) is 9.57. The monoisotopic (exact) mass is 220 g/mol. The molecule has 2 atom stereocenters. The van der Waals surface area contributed by atoms with Gasteiger partial charge in [-0.25, -0.2) is 4.39 Å². The van der Waals surface area contributed by atoms with Gasteiger partial charge < -0.3 is 13.9 Å². The molecule has 0 saturated carbocycles. The highest BCUT2D eigenvalue weighted by molar-refractivity contribution is 6.24. The quantitative estimate of drug-likeness (QED) is 0.504. The van der Waals surface area contributed by atoms with Crippen molar-refractivity contribution in [3.8, 4) is 0 Å². The van der Waals surface area contributed by atoms with Gasteiger partial charge in [0.1, 0.15) is 6.10 Å². The molecule has 1 rings (SSSR count). The second-order valence-corrected chi connectivity index (χ2v) is 3.81. The Balaban J connectivity index is 2.39. The van der Waals surface area contributed by atoms with Crippen LogP contribution in [-0.2, 0) is 18.7 Å². The second kappa shape index (κ2) is 5.23. The Labute approximate surface area is 84.0 Å². The summed E-state index contributed by atoms with van der Waals surface area (Å²) in [6.07, 6.45) is -0.344. The van der Waals surface area contributed by atoms with Crippen LogP contribution in [0.4, 0.5) is 4.39 Å². The molecule has 6 heteroatoms. The largest absolute Gasteiger partial charge is 0.429 e. The number of hydrogen-bond donors (Lipinski definition) is 0. The molecule has 0 aromatic rings. The number of hydrogen-bond acceptors (Lipinski definition) is 4. The summed E-state index contributed by atoms with van der Waals surface area (Å²) in [6.45, 7) is 3.51. The lowest BCUT2D eigenvalue weighted by Gasteiger charge is -2.13. The van der Waals surface area contributed by atoms with Crippen LogP contribution in [0.3, 0.4) is 0 Å². The molecule has 0 fully saturated rings. The van der Waals surface area contributed by atoms with E-state index in [1.807, 2.05) is 6.55 Å². The van der Waals surface area contributed by atoms with E-state index in [-0.39, 0.29) is 0 Å². The minimum atomic E-state index is -1.18. The lowest BCUT2D eigenvalue weighted by molar-refractivity contribution is -0.173. The van der Waals surface area contributed by atoms with Gasteiger partial charge in [-0.05, 0) is 6.08 Å². The summed E-state index contributed by atoms with van der Waals surface area (Å²) in [5.74, 6) is -1.13. The van der Waals surface area contributed by atoms with E-state index in [1.165, 1.54) is 13.0 Å². The zero-order chi connectivity index (χ0) is 10.6. The van der Waals surface area contributed by atoms with Crippen LogP contribution in [-0.4, -0.2) is 34.7 Å². The Bertz CT molecular complexity index is 243. The van der Waals surface area contributed by atoms with E-state index in [4.69, 9.17) is 9.16 Å². The molecule has 0 aliphatic carbocycles. The zero-order valence-electron chi connectivity index (χ0n) is 8.16. The Hall–Kier alpha value is -0.723. The SMILES string of the molecule is C[SiH2]OC[C@@H]1C=C(F)[C@@H](OC(C)=O)O1. The number of halogens is 1. The Morgan fingerprint density at radius 2 is 2.50 bits per heavy atom.